The Bertz CT molecular complexity index is 377. The highest BCUT2D eigenvalue weighted by atomic mass is 16.5. The molecule has 0 aliphatic rings. The number of hydrogen-bond donors (Lipinski definition) is 1. The van der Waals surface area contributed by atoms with Gasteiger partial charge in [-0.1, -0.05) is 32.9 Å². The molecular weight excluding hydrogens is 238 g/mol. The average molecular weight is 265 g/mol. The van der Waals surface area contributed by atoms with Gasteiger partial charge in [0.15, 0.2) is 11.5 Å². The Morgan fingerprint density at radius 2 is 1.89 bits per heavy atom. The molecule has 1 rings (SSSR count). The molecule has 1 atom stereocenters. The van der Waals surface area contributed by atoms with Crippen LogP contribution >= 0.6 is 0 Å². The Labute approximate surface area is 117 Å². The van der Waals surface area contributed by atoms with E-state index in [9.17, 15) is 0 Å². The van der Waals surface area contributed by atoms with Gasteiger partial charge in [-0.2, -0.15) is 0 Å². The van der Waals surface area contributed by atoms with Gasteiger partial charge in [-0.05, 0) is 31.4 Å². The van der Waals surface area contributed by atoms with Gasteiger partial charge in [-0.3, -0.25) is 0 Å². The number of benzene rings is 1. The Kier molecular flexibility index (Phi) is 6.71. The van der Waals surface area contributed by atoms with Crippen LogP contribution < -0.4 is 14.8 Å². The second kappa shape index (κ2) is 8.05. The van der Waals surface area contributed by atoms with E-state index >= 15 is 0 Å². The molecule has 1 N–H and O–H groups in total. The van der Waals surface area contributed by atoms with Gasteiger partial charge in [-0.25, -0.2) is 0 Å². The van der Waals surface area contributed by atoms with Gasteiger partial charge in [0, 0.05) is 11.6 Å². The summed E-state index contributed by atoms with van der Waals surface area (Å²) in [4.78, 5) is 0. The molecule has 0 bridgehead atoms. The van der Waals surface area contributed by atoms with E-state index in [1.165, 1.54) is 5.56 Å². The third-order valence-electron chi connectivity index (χ3n) is 3.16. The van der Waals surface area contributed by atoms with E-state index in [4.69, 9.17) is 9.47 Å². The first-order valence-corrected chi connectivity index (χ1v) is 7.08. The van der Waals surface area contributed by atoms with Crippen molar-refractivity contribution in [2.24, 2.45) is 5.92 Å². The highest BCUT2D eigenvalue weighted by molar-refractivity contribution is 5.48. The van der Waals surface area contributed by atoms with Crippen molar-refractivity contribution in [3.05, 3.63) is 23.8 Å². The van der Waals surface area contributed by atoms with Gasteiger partial charge >= 0.3 is 0 Å². The van der Waals surface area contributed by atoms with Crippen LogP contribution in [0.5, 0.6) is 11.5 Å². The predicted octanol–water partition coefficient (Wildman–Crippen LogP) is 3.79. The van der Waals surface area contributed by atoms with E-state index < -0.39 is 0 Å². The van der Waals surface area contributed by atoms with Gasteiger partial charge in [0.05, 0.1) is 14.2 Å². The summed E-state index contributed by atoms with van der Waals surface area (Å²) in [5.41, 5.74) is 1.18. The average Bonchev–Trinajstić information content (AvgIpc) is 2.41. The molecule has 1 aromatic rings. The van der Waals surface area contributed by atoms with E-state index in [0.717, 1.165) is 30.9 Å². The van der Waals surface area contributed by atoms with Crippen molar-refractivity contribution in [3.8, 4) is 11.5 Å². The van der Waals surface area contributed by atoms with Crippen LogP contribution in [0.15, 0.2) is 18.2 Å². The summed E-state index contributed by atoms with van der Waals surface area (Å²) in [6.07, 6.45) is 2.21. The molecule has 0 aliphatic carbocycles. The minimum atomic E-state index is 0.310. The third kappa shape index (κ3) is 4.43. The molecule has 1 aromatic carbocycles. The maximum atomic E-state index is 5.54. The van der Waals surface area contributed by atoms with Crippen molar-refractivity contribution in [1.29, 1.82) is 0 Å². The Hall–Kier alpha value is -1.22. The maximum absolute atomic E-state index is 5.54. The molecule has 1 unspecified atom stereocenters. The van der Waals surface area contributed by atoms with Crippen molar-refractivity contribution in [2.45, 2.75) is 39.7 Å². The fourth-order valence-electron chi connectivity index (χ4n) is 2.30. The van der Waals surface area contributed by atoms with Gasteiger partial charge in [0.25, 0.3) is 0 Å². The number of rotatable bonds is 8. The summed E-state index contributed by atoms with van der Waals surface area (Å²) in [5, 5.41) is 3.61. The molecule has 108 valence electrons. The number of ether oxygens (including phenoxy) is 2. The van der Waals surface area contributed by atoms with Crippen molar-refractivity contribution in [2.75, 3.05) is 20.8 Å². The fraction of sp³-hybridized carbons (Fsp3) is 0.625. The zero-order valence-corrected chi connectivity index (χ0v) is 12.8. The minimum absolute atomic E-state index is 0.310. The normalized spacial score (nSPS) is 12.5. The van der Waals surface area contributed by atoms with Crippen LogP contribution in [-0.2, 0) is 0 Å². The molecule has 0 heterocycles. The Morgan fingerprint density at radius 3 is 2.42 bits per heavy atom. The largest absolute Gasteiger partial charge is 0.493 e. The first-order chi connectivity index (χ1) is 9.13. The molecular formula is C16H27NO2. The SMILES string of the molecule is CCCNC(CC(C)C)c1cccc(OC)c1OC. The Morgan fingerprint density at radius 1 is 1.16 bits per heavy atom. The number of para-hydroxylation sites is 1. The van der Waals surface area contributed by atoms with Crippen LogP contribution in [0.4, 0.5) is 0 Å². The number of hydrogen-bond acceptors (Lipinski definition) is 3. The fourth-order valence-corrected chi connectivity index (χ4v) is 2.30. The molecule has 0 radical (unpaired) electrons. The van der Waals surface area contributed by atoms with Crippen LogP contribution in [0.3, 0.4) is 0 Å². The summed E-state index contributed by atoms with van der Waals surface area (Å²) < 4.78 is 10.9. The lowest BCUT2D eigenvalue weighted by Crippen LogP contribution is -2.24. The quantitative estimate of drug-likeness (QED) is 0.775. The summed E-state index contributed by atoms with van der Waals surface area (Å²) in [6, 6.07) is 6.40. The summed E-state index contributed by atoms with van der Waals surface area (Å²) >= 11 is 0. The molecule has 0 saturated heterocycles. The van der Waals surface area contributed by atoms with E-state index in [0.29, 0.717) is 12.0 Å². The predicted molar refractivity (Wildman–Crippen MR) is 80.0 cm³/mol. The van der Waals surface area contributed by atoms with Gasteiger partial charge in [0.2, 0.25) is 0 Å². The molecule has 3 nitrogen and oxygen atoms in total. The summed E-state index contributed by atoms with van der Waals surface area (Å²) in [5.74, 6) is 2.27. The molecule has 19 heavy (non-hydrogen) atoms. The molecule has 0 aliphatic heterocycles. The first-order valence-electron chi connectivity index (χ1n) is 7.08. The van der Waals surface area contributed by atoms with E-state index in [1.54, 1.807) is 14.2 Å². The number of methoxy groups -OCH3 is 2. The lowest BCUT2D eigenvalue weighted by atomic mass is 9.96. The summed E-state index contributed by atoms with van der Waals surface area (Å²) in [7, 11) is 3.38. The van der Waals surface area contributed by atoms with Crippen molar-refractivity contribution < 1.29 is 9.47 Å². The van der Waals surface area contributed by atoms with Crippen molar-refractivity contribution in [3.63, 3.8) is 0 Å². The number of nitrogens with one attached hydrogen (secondary N) is 1. The van der Waals surface area contributed by atoms with E-state index in [1.807, 2.05) is 12.1 Å². The van der Waals surface area contributed by atoms with E-state index in [2.05, 4.69) is 32.2 Å². The van der Waals surface area contributed by atoms with Crippen molar-refractivity contribution in [1.82, 2.24) is 5.32 Å². The molecule has 0 fully saturated rings. The monoisotopic (exact) mass is 265 g/mol. The highest BCUT2D eigenvalue weighted by Gasteiger charge is 2.19. The van der Waals surface area contributed by atoms with Gasteiger partial charge in [0.1, 0.15) is 0 Å². The Balaban J connectivity index is 3.05. The van der Waals surface area contributed by atoms with Crippen LogP contribution in [0.25, 0.3) is 0 Å². The second-order valence-electron chi connectivity index (χ2n) is 5.22. The smallest absolute Gasteiger partial charge is 0.165 e. The minimum Gasteiger partial charge on any atom is -0.493 e. The summed E-state index contributed by atoms with van der Waals surface area (Å²) in [6.45, 7) is 7.68. The topological polar surface area (TPSA) is 30.5 Å². The van der Waals surface area contributed by atoms with Crippen LogP contribution in [0, 0.1) is 5.92 Å². The van der Waals surface area contributed by atoms with Crippen LogP contribution in [0.2, 0.25) is 0 Å². The first kappa shape index (κ1) is 15.8. The van der Waals surface area contributed by atoms with Crippen LogP contribution in [0.1, 0.15) is 45.2 Å². The molecule has 3 heteroatoms. The molecule has 0 amide bonds. The zero-order chi connectivity index (χ0) is 14.3. The maximum Gasteiger partial charge on any atom is 0.165 e. The zero-order valence-electron chi connectivity index (χ0n) is 12.8. The highest BCUT2D eigenvalue weighted by Crippen LogP contribution is 2.36. The second-order valence-corrected chi connectivity index (χ2v) is 5.22. The standard InChI is InChI=1S/C16H27NO2/c1-6-10-17-14(11-12(2)3)13-8-7-9-15(18-4)16(13)19-5/h7-9,12,14,17H,6,10-11H2,1-5H3. The van der Waals surface area contributed by atoms with Gasteiger partial charge in [-0.15, -0.1) is 0 Å². The van der Waals surface area contributed by atoms with Crippen LogP contribution in [-0.4, -0.2) is 20.8 Å². The molecule has 0 spiro atoms. The third-order valence-corrected chi connectivity index (χ3v) is 3.16. The lowest BCUT2D eigenvalue weighted by molar-refractivity contribution is 0.340. The molecule has 0 saturated carbocycles. The lowest BCUT2D eigenvalue weighted by Gasteiger charge is -2.24. The van der Waals surface area contributed by atoms with E-state index in [-0.39, 0.29) is 0 Å². The van der Waals surface area contributed by atoms with Gasteiger partial charge < -0.3 is 14.8 Å². The van der Waals surface area contributed by atoms with Crippen molar-refractivity contribution >= 4 is 0 Å². The molecule has 0 aromatic heterocycles.